The fourth-order valence-electron chi connectivity index (χ4n) is 1.33. The summed E-state index contributed by atoms with van der Waals surface area (Å²) < 4.78 is 5.40. The summed E-state index contributed by atoms with van der Waals surface area (Å²) in [6, 6.07) is 7.73. The molecule has 0 saturated heterocycles. The highest BCUT2D eigenvalue weighted by Gasteiger charge is 1.98. The second-order valence-corrected chi connectivity index (χ2v) is 3.77. The first-order valence-corrected chi connectivity index (χ1v) is 5.54. The topological polar surface area (TPSA) is 46.5 Å². The van der Waals surface area contributed by atoms with Crippen LogP contribution in [0.15, 0.2) is 24.3 Å². The van der Waals surface area contributed by atoms with Crippen molar-refractivity contribution in [2.45, 2.75) is 26.2 Å². The van der Waals surface area contributed by atoms with Crippen LogP contribution in [0.4, 0.5) is 0 Å². The van der Waals surface area contributed by atoms with Crippen LogP contribution < -0.4 is 4.74 Å². The standard InChI is InChI=1S/C13H18O3/c1-11(15)3-4-12-5-7-13(8-6-12)16-10-2-9-14/h5-8,14H,2-4,9-10H2,1H3. The molecule has 0 aliphatic rings. The van der Waals surface area contributed by atoms with Gasteiger partial charge < -0.3 is 14.6 Å². The van der Waals surface area contributed by atoms with Gasteiger partial charge in [-0.1, -0.05) is 12.1 Å². The Morgan fingerprint density at radius 3 is 2.56 bits per heavy atom. The summed E-state index contributed by atoms with van der Waals surface area (Å²) >= 11 is 0. The van der Waals surface area contributed by atoms with Gasteiger partial charge in [-0.2, -0.15) is 0 Å². The van der Waals surface area contributed by atoms with Crippen molar-refractivity contribution in [1.82, 2.24) is 0 Å². The predicted octanol–water partition coefficient (Wildman–Crippen LogP) is 1.97. The molecule has 0 unspecified atom stereocenters. The van der Waals surface area contributed by atoms with Gasteiger partial charge in [0.05, 0.1) is 6.61 Å². The number of aliphatic hydroxyl groups excluding tert-OH is 1. The van der Waals surface area contributed by atoms with E-state index in [0.717, 1.165) is 17.7 Å². The van der Waals surface area contributed by atoms with Gasteiger partial charge >= 0.3 is 0 Å². The fourth-order valence-corrected chi connectivity index (χ4v) is 1.33. The molecule has 0 saturated carbocycles. The van der Waals surface area contributed by atoms with Crippen LogP contribution in [0.5, 0.6) is 5.75 Å². The lowest BCUT2D eigenvalue weighted by atomic mass is 10.1. The van der Waals surface area contributed by atoms with Crippen LogP contribution in [0, 0.1) is 0 Å². The highest BCUT2D eigenvalue weighted by atomic mass is 16.5. The summed E-state index contributed by atoms with van der Waals surface area (Å²) in [7, 11) is 0. The Labute approximate surface area is 96.1 Å². The normalized spacial score (nSPS) is 10.1. The van der Waals surface area contributed by atoms with Crippen LogP contribution in [0.2, 0.25) is 0 Å². The zero-order valence-electron chi connectivity index (χ0n) is 9.61. The second-order valence-electron chi connectivity index (χ2n) is 3.77. The van der Waals surface area contributed by atoms with E-state index in [9.17, 15) is 4.79 Å². The Morgan fingerprint density at radius 1 is 1.31 bits per heavy atom. The lowest BCUT2D eigenvalue weighted by Gasteiger charge is -2.05. The Balaban J connectivity index is 2.38. The van der Waals surface area contributed by atoms with Crippen LogP contribution in [-0.4, -0.2) is 24.1 Å². The molecule has 0 aromatic heterocycles. The molecule has 1 aromatic carbocycles. The Hall–Kier alpha value is -1.35. The Morgan fingerprint density at radius 2 is 2.00 bits per heavy atom. The molecule has 0 fully saturated rings. The second kappa shape index (κ2) is 7.01. The fraction of sp³-hybridized carbons (Fsp3) is 0.462. The maximum Gasteiger partial charge on any atom is 0.130 e. The summed E-state index contributed by atoms with van der Waals surface area (Å²) in [4.78, 5) is 10.8. The van der Waals surface area contributed by atoms with Crippen LogP contribution in [0.25, 0.3) is 0 Å². The van der Waals surface area contributed by atoms with Gasteiger partial charge in [-0.15, -0.1) is 0 Å². The van der Waals surface area contributed by atoms with Gasteiger partial charge in [-0.3, -0.25) is 0 Å². The maximum absolute atomic E-state index is 10.8. The van der Waals surface area contributed by atoms with Gasteiger partial charge in [0.25, 0.3) is 0 Å². The van der Waals surface area contributed by atoms with Crippen LogP contribution in [0.3, 0.4) is 0 Å². The number of benzene rings is 1. The quantitative estimate of drug-likeness (QED) is 0.717. The Kier molecular flexibility index (Phi) is 5.57. The van der Waals surface area contributed by atoms with E-state index in [1.54, 1.807) is 6.92 Å². The van der Waals surface area contributed by atoms with E-state index >= 15 is 0 Å². The molecule has 88 valence electrons. The van der Waals surface area contributed by atoms with E-state index in [1.165, 1.54) is 0 Å². The number of Topliss-reactive ketones (excluding diaryl/α,β-unsaturated/α-hetero) is 1. The van der Waals surface area contributed by atoms with Crippen molar-refractivity contribution in [2.24, 2.45) is 0 Å². The molecule has 0 bridgehead atoms. The molecule has 3 nitrogen and oxygen atoms in total. The number of hydrogen-bond acceptors (Lipinski definition) is 3. The molecule has 0 radical (unpaired) electrons. The molecule has 0 spiro atoms. The zero-order valence-corrected chi connectivity index (χ0v) is 9.61. The first-order valence-electron chi connectivity index (χ1n) is 5.54. The number of carbonyl (C=O) groups is 1. The van der Waals surface area contributed by atoms with E-state index in [-0.39, 0.29) is 12.4 Å². The zero-order chi connectivity index (χ0) is 11.8. The third-order valence-electron chi connectivity index (χ3n) is 2.26. The van der Waals surface area contributed by atoms with Gasteiger partial charge in [0, 0.05) is 19.4 Å². The first-order chi connectivity index (χ1) is 7.72. The number of hydrogen-bond donors (Lipinski definition) is 1. The summed E-state index contributed by atoms with van der Waals surface area (Å²) in [5.74, 6) is 1.02. The molecule has 1 aromatic rings. The van der Waals surface area contributed by atoms with Gasteiger partial charge in [0.1, 0.15) is 11.5 Å². The lowest BCUT2D eigenvalue weighted by molar-refractivity contribution is -0.116. The van der Waals surface area contributed by atoms with Gasteiger partial charge in [-0.05, 0) is 31.0 Å². The van der Waals surface area contributed by atoms with Crippen LogP contribution in [-0.2, 0) is 11.2 Å². The van der Waals surface area contributed by atoms with Crippen molar-refractivity contribution in [1.29, 1.82) is 0 Å². The molecule has 1 rings (SSSR count). The summed E-state index contributed by atoms with van der Waals surface area (Å²) in [5.41, 5.74) is 1.14. The van der Waals surface area contributed by atoms with Gasteiger partial charge in [0.15, 0.2) is 0 Å². The smallest absolute Gasteiger partial charge is 0.130 e. The van der Waals surface area contributed by atoms with E-state index < -0.39 is 0 Å². The van der Waals surface area contributed by atoms with E-state index in [2.05, 4.69) is 0 Å². The van der Waals surface area contributed by atoms with Crippen molar-refractivity contribution in [3.8, 4) is 5.75 Å². The molecular weight excluding hydrogens is 204 g/mol. The molecule has 3 heteroatoms. The van der Waals surface area contributed by atoms with Crippen molar-refractivity contribution >= 4 is 5.78 Å². The minimum atomic E-state index is 0.149. The van der Waals surface area contributed by atoms with Crippen LogP contribution in [0.1, 0.15) is 25.3 Å². The van der Waals surface area contributed by atoms with Crippen molar-refractivity contribution in [3.05, 3.63) is 29.8 Å². The monoisotopic (exact) mass is 222 g/mol. The average Bonchev–Trinajstić information content (AvgIpc) is 2.28. The number of aliphatic hydroxyl groups is 1. The molecule has 0 heterocycles. The molecule has 1 N–H and O–H groups in total. The number of rotatable bonds is 7. The largest absolute Gasteiger partial charge is 0.494 e. The van der Waals surface area contributed by atoms with Gasteiger partial charge in [0.2, 0.25) is 0 Å². The minimum absolute atomic E-state index is 0.149. The highest BCUT2D eigenvalue weighted by Crippen LogP contribution is 2.13. The SMILES string of the molecule is CC(=O)CCc1ccc(OCCCO)cc1. The van der Waals surface area contributed by atoms with E-state index in [0.29, 0.717) is 19.4 Å². The van der Waals surface area contributed by atoms with E-state index in [1.807, 2.05) is 24.3 Å². The third-order valence-corrected chi connectivity index (χ3v) is 2.26. The molecule has 0 atom stereocenters. The number of carbonyl (C=O) groups excluding carboxylic acids is 1. The Bertz CT molecular complexity index is 316. The number of ketones is 1. The van der Waals surface area contributed by atoms with Crippen molar-refractivity contribution in [3.63, 3.8) is 0 Å². The maximum atomic E-state index is 10.8. The molecule has 0 aliphatic heterocycles. The number of aryl methyl sites for hydroxylation is 1. The number of ether oxygens (including phenoxy) is 1. The molecular formula is C13H18O3. The predicted molar refractivity (Wildman–Crippen MR) is 62.6 cm³/mol. The molecule has 0 amide bonds. The van der Waals surface area contributed by atoms with Crippen molar-refractivity contribution in [2.75, 3.05) is 13.2 Å². The third kappa shape index (κ3) is 4.94. The lowest BCUT2D eigenvalue weighted by Crippen LogP contribution is -1.99. The molecule has 0 aliphatic carbocycles. The van der Waals surface area contributed by atoms with E-state index in [4.69, 9.17) is 9.84 Å². The minimum Gasteiger partial charge on any atom is -0.494 e. The highest BCUT2D eigenvalue weighted by molar-refractivity contribution is 5.75. The first kappa shape index (κ1) is 12.7. The van der Waals surface area contributed by atoms with Crippen molar-refractivity contribution < 1.29 is 14.6 Å². The summed E-state index contributed by atoms with van der Waals surface area (Å²) in [5, 5.41) is 8.60. The average molecular weight is 222 g/mol. The summed E-state index contributed by atoms with van der Waals surface area (Å²) in [6.45, 7) is 2.28. The molecule has 16 heavy (non-hydrogen) atoms. The van der Waals surface area contributed by atoms with Crippen LogP contribution >= 0.6 is 0 Å². The summed E-state index contributed by atoms with van der Waals surface area (Å²) in [6.07, 6.45) is 2.02. The van der Waals surface area contributed by atoms with Gasteiger partial charge in [-0.25, -0.2) is 0 Å².